The number of aromatic nitrogens is 2. The molecular weight excluding hydrogens is 312 g/mol. The number of ether oxygens (including phenoxy) is 1. The summed E-state index contributed by atoms with van der Waals surface area (Å²) in [4.78, 5) is 26.0. The van der Waals surface area contributed by atoms with Crippen molar-refractivity contribution in [3.63, 3.8) is 0 Å². The van der Waals surface area contributed by atoms with Gasteiger partial charge in [-0.25, -0.2) is 14.8 Å². The first-order chi connectivity index (χ1) is 11.2. The molecular formula is C16H20N4O2S. The molecule has 6 nitrogen and oxygen atoms in total. The van der Waals surface area contributed by atoms with E-state index in [0.717, 1.165) is 49.2 Å². The number of hydrogen-bond acceptors (Lipinski definition) is 7. The molecule has 0 bridgehead atoms. The van der Waals surface area contributed by atoms with Crippen LogP contribution in [0, 0.1) is 0 Å². The molecule has 1 fully saturated rings. The molecule has 1 saturated heterocycles. The van der Waals surface area contributed by atoms with E-state index < -0.39 is 0 Å². The van der Waals surface area contributed by atoms with Gasteiger partial charge in [0.15, 0.2) is 5.13 Å². The van der Waals surface area contributed by atoms with Crippen molar-refractivity contribution in [2.24, 2.45) is 0 Å². The average Bonchev–Trinajstić information content (AvgIpc) is 3.06. The maximum absolute atomic E-state index is 11.8. The predicted octanol–water partition coefficient (Wildman–Crippen LogP) is 2.21. The molecule has 0 radical (unpaired) electrons. The molecule has 0 atom stereocenters. The Labute approximate surface area is 139 Å². The average molecular weight is 332 g/mol. The fourth-order valence-corrected chi connectivity index (χ4v) is 3.76. The van der Waals surface area contributed by atoms with Gasteiger partial charge in [-0.2, -0.15) is 0 Å². The number of rotatable bonds is 4. The van der Waals surface area contributed by atoms with Crippen LogP contribution < -0.4 is 9.80 Å². The fourth-order valence-electron chi connectivity index (χ4n) is 2.63. The van der Waals surface area contributed by atoms with Crippen molar-refractivity contribution in [3.8, 4) is 0 Å². The molecule has 0 aliphatic carbocycles. The molecule has 7 heteroatoms. The minimum absolute atomic E-state index is 0.294. The largest absolute Gasteiger partial charge is 0.465 e. The lowest BCUT2D eigenvalue weighted by Crippen LogP contribution is -2.46. The highest BCUT2D eigenvalue weighted by Crippen LogP contribution is 2.28. The van der Waals surface area contributed by atoms with Gasteiger partial charge in [0.05, 0.1) is 12.8 Å². The molecule has 2 aromatic heterocycles. The van der Waals surface area contributed by atoms with E-state index in [0.29, 0.717) is 4.88 Å². The second-order valence-electron chi connectivity index (χ2n) is 5.28. The zero-order valence-corrected chi connectivity index (χ0v) is 14.2. The van der Waals surface area contributed by atoms with Crippen LogP contribution >= 0.6 is 11.3 Å². The molecule has 0 spiro atoms. The normalized spacial score (nSPS) is 14.9. The molecule has 3 heterocycles. The van der Waals surface area contributed by atoms with Gasteiger partial charge in [0.2, 0.25) is 0 Å². The smallest absolute Gasteiger partial charge is 0.350 e. The highest BCUT2D eigenvalue weighted by Gasteiger charge is 2.24. The first-order valence-corrected chi connectivity index (χ1v) is 8.53. The summed E-state index contributed by atoms with van der Waals surface area (Å²) in [6.07, 6.45) is 2.55. The zero-order valence-electron chi connectivity index (χ0n) is 13.4. The van der Waals surface area contributed by atoms with E-state index in [1.807, 2.05) is 31.3 Å². The third-order valence-corrected chi connectivity index (χ3v) is 5.05. The van der Waals surface area contributed by atoms with Crippen LogP contribution in [-0.2, 0) is 11.2 Å². The zero-order chi connectivity index (χ0) is 16.2. The Morgan fingerprint density at radius 1 is 1.26 bits per heavy atom. The number of carbonyl (C=O) groups is 1. The number of aryl methyl sites for hydroxylation is 1. The Bertz CT molecular complexity index is 666. The Hall–Kier alpha value is -2.15. The number of anilines is 2. The molecule has 1 aliphatic rings. The summed E-state index contributed by atoms with van der Waals surface area (Å²) in [6.45, 7) is 5.53. The fraction of sp³-hybridized carbons (Fsp3) is 0.438. The van der Waals surface area contributed by atoms with Crippen molar-refractivity contribution in [1.82, 2.24) is 9.97 Å². The number of carbonyl (C=O) groups excluding carboxylic acids is 1. The Morgan fingerprint density at radius 3 is 2.61 bits per heavy atom. The maximum Gasteiger partial charge on any atom is 0.350 e. The SMILES string of the molecule is CCc1nc(N2CCN(c3ccccn3)CC2)sc1C(=O)OC. The summed E-state index contributed by atoms with van der Waals surface area (Å²) in [5, 5.41) is 0.905. The Kier molecular flexibility index (Phi) is 4.76. The van der Waals surface area contributed by atoms with Gasteiger partial charge in [0.1, 0.15) is 10.7 Å². The lowest BCUT2D eigenvalue weighted by Gasteiger charge is -2.35. The second kappa shape index (κ2) is 6.95. The van der Waals surface area contributed by atoms with E-state index in [-0.39, 0.29) is 5.97 Å². The summed E-state index contributed by atoms with van der Waals surface area (Å²) in [5.74, 6) is 0.716. The summed E-state index contributed by atoms with van der Waals surface area (Å²) in [5.41, 5.74) is 0.823. The number of piperazine rings is 1. The van der Waals surface area contributed by atoms with Crippen molar-refractivity contribution in [3.05, 3.63) is 35.0 Å². The lowest BCUT2D eigenvalue weighted by atomic mass is 10.3. The molecule has 3 rings (SSSR count). The Morgan fingerprint density at radius 2 is 2.00 bits per heavy atom. The third-order valence-electron chi connectivity index (χ3n) is 3.92. The van der Waals surface area contributed by atoms with Gasteiger partial charge in [-0.15, -0.1) is 0 Å². The van der Waals surface area contributed by atoms with Crippen LogP contribution in [0.5, 0.6) is 0 Å². The summed E-state index contributed by atoms with van der Waals surface area (Å²) < 4.78 is 4.85. The lowest BCUT2D eigenvalue weighted by molar-refractivity contribution is 0.0605. The van der Waals surface area contributed by atoms with Gasteiger partial charge in [0, 0.05) is 32.4 Å². The first kappa shape index (κ1) is 15.7. The second-order valence-corrected chi connectivity index (χ2v) is 6.26. The molecule has 0 N–H and O–H groups in total. The van der Waals surface area contributed by atoms with Crippen molar-refractivity contribution in [1.29, 1.82) is 0 Å². The summed E-state index contributed by atoms with van der Waals surface area (Å²) >= 11 is 1.43. The topological polar surface area (TPSA) is 58.6 Å². The molecule has 122 valence electrons. The number of pyridine rings is 1. The number of methoxy groups -OCH3 is 1. The predicted molar refractivity (Wildman–Crippen MR) is 91.5 cm³/mol. The van der Waals surface area contributed by atoms with Crippen LogP contribution in [0.3, 0.4) is 0 Å². The number of thiazole rings is 1. The molecule has 0 amide bonds. The van der Waals surface area contributed by atoms with Crippen molar-refractivity contribution >= 4 is 28.3 Å². The maximum atomic E-state index is 11.8. The molecule has 2 aromatic rings. The van der Waals surface area contributed by atoms with E-state index in [2.05, 4.69) is 19.8 Å². The standard InChI is InChI=1S/C16H20N4O2S/c1-3-12-14(15(21)22-2)23-16(18-12)20-10-8-19(9-11-20)13-6-4-5-7-17-13/h4-7H,3,8-11H2,1-2H3. The molecule has 0 aromatic carbocycles. The first-order valence-electron chi connectivity index (χ1n) is 7.72. The number of hydrogen-bond donors (Lipinski definition) is 0. The van der Waals surface area contributed by atoms with Crippen LogP contribution in [-0.4, -0.2) is 49.2 Å². The van der Waals surface area contributed by atoms with Gasteiger partial charge in [-0.3, -0.25) is 0 Å². The van der Waals surface area contributed by atoms with Crippen LogP contribution in [0.4, 0.5) is 10.9 Å². The van der Waals surface area contributed by atoms with Gasteiger partial charge < -0.3 is 14.5 Å². The van der Waals surface area contributed by atoms with E-state index in [4.69, 9.17) is 4.74 Å². The monoisotopic (exact) mass is 332 g/mol. The van der Waals surface area contributed by atoms with Gasteiger partial charge in [-0.05, 0) is 18.6 Å². The van der Waals surface area contributed by atoms with E-state index in [9.17, 15) is 4.79 Å². The highest BCUT2D eigenvalue weighted by molar-refractivity contribution is 7.17. The van der Waals surface area contributed by atoms with Crippen molar-refractivity contribution in [2.45, 2.75) is 13.3 Å². The van der Waals surface area contributed by atoms with E-state index in [1.165, 1.54) is 18.4 Å². The van der Waals surface area contributed by atoms with Gasteiger partial charge in [-0.1, -0.05) is 24.3 Å². The van der Waals surface area contributed by atoms with Gasteiger partial charge in [0.25, 0.3) is 0 Å². The number of nitrogens with zero attached hydrogens (tertiary/aromatic N) is 4. The third kappa shape index (κ3) is 3.29. The summed E-state index contributed by atoms with van der Waals surface area (Å²) in [6, 6.07) is 5.96. The van der Waals surface area contributed by atoms with Crippen molar-refractivity contribution < 1.29 is 9.53 Å². The summed E-state index contributed by atoms with van der Waals surface area (Å²) in [7, 11) is 1.41. The quantitative estimate of drug-likeness (QED) is 0.800. The van der Waals surface area contributed by atoms with Gasteiger partial charge >= 0.3 is 5.97 Å². The molecule has 23 heavy (non-hydrogen) atoms. The number of esters is 1. The van der Waals surface area contributed by atoms with E-state index >= 15 is 0 Å². The van der Waals surface area contributed by atoms with Crippen LogP contribution in [0.2, 0.25) is 0 Å². The minimum atomic E-state index is -0.294. The molecule has 0 unspecified atom stereocenters. The van der Waals surface area contributed by atoms with E-state index in [1.54, 1.807) is 0 Å². The van der Waals surface area contributed by atoms with Crippen LogP contribution in [0.25, 0.3) is 0 Å². The van der Waals surface area contributed by atoms with Crippen molar-refractivity contribution in [2.75, 3.05) is 43.1 Å². The van der Waals surface area contributed by atoms with Crippen LogP contribution in [0.1, 0.15) is 22.3 Å². The highest BCUT2D eigenvalue weighted by atomic mass is 32.1. The Balaban J connectivity index is 1.70. The molecule has 1 aliphatic heterocycles. The molecule has 0 saturated carbocycles. The van der Waals surface area contributed by atoms with Crippen LogP contribution in [0.15, 0.2) is 24.4 Å². The minimum Gasteiger partial charge on any atom is -0.465 e.